The smallest absolute Gasteiger partial charge is 0.321 e. The van der Waals surface area contributed by atoms with Gasteiger partial charge in [-0.3, -0.25) is 19.2 Å². The van der Waals surface area contributed by atoms with E-state index in [9.17, 15) is 24.3 Å². The first-order valence-corrected chi connectivity index (χ1v) is 11.2. The maximum Gasteiger partial charge on any atom is 0.321 e. The summed E-state index contributed by atoms with van der Waals surface area (Å²) in [5.74, 6) is -2.99. The molecule has 0 radical (unpaired) electrons. The van der Waals surface area contributed by atoms with Crippen molar-refractivity contribution in [3.05, 3.63) is 23.8 Å². The average Bonchev–Trinajstić information content (AvgIpc) is 2.75. The summed E-state index contributed by atoms with van der Waals surface area (Å²) < 4.78 is 15.9. The summed E-state index contributed by atoms with van der Waals surface area (Å²) in [6.07, 6.45) is 0.733. The van der Waals surface area contributed by atoms with Gasteiger partial charge in [0.1, 0.15) is 12.1 Å². The Labute approximate surface area is 194 Å². The van der Waals surface area contributed by atoms with Crippen LogP contribution in [0.3, 0.4) is 0 Å². The topological polar surface area (TPSA) is 128 Å². The zero-order chi connectivity index (χ0) is 25.1. The Hall–Kier alpha value is -2.94. The molecule has 0 aliphatic heterocycles. The van der Waals surface area contributed by atoms with Crippen LogP contribution in [0, 0.1) is 11.8 Å². The van der Waals surface area contributed by atoms with Crippen LogP contribution in [0.5, 0.6) is 11.5 Å². The molecule has 0 spiro atoms. The molecule has 0 aliphatic rings. The van der Waals surface area contributed by atoms with Gasteiger partial charge in [-0.15, -0.1) is 0 Å². The van der Waals surface area contributed by atoms with Gasteiger partial charge in [-0.25, -0.2) is 0 Å². The average molecular weight is 466 g/mol. The summed E-state index contributed by atoms with van der Waals surface area (Å²) in [5, 5.41) is 12.4. The maximum atomic E-state index is 12.4. The molecule has 2 N–H and O–H groups in total. The number of ether oxygens (including phenoxy) is 3. The Kier molecular flexibility index (Phi) is 11.6. The van der Waals surface area contributed by atoms with Gasteiger partial charge in [0.25, 0.3) is 0 Å². The molecular weight excluding hydrogens is 430 g/mol. The molecule has 3 unspecified atom stereocenters. The van der Waals surface area contributed by atoms with Gasteiger partial charge >= 0.3 is 23.9 Å². The molecule has 0 saturated heterocycles. The number of rotatable bonds is 13. The minimum absolute atomic E-state index is 0.0619. The van der Waals surface area contributed by atoms with Crippen LogP contribution in [-0.2, 0) is 30.3 Å². The van der Waals surface area contributed by atoms with Gasteiger partial charge in [-0.05, 0) is 43.9 Å². The normalized spacial score (nSPS) is 14.5. The third-order valence-corrected chi connectivity index (χ3v) is 5.22. The molecule has 4 atom stereocenters. The monoisotopic (exact) mass is 465 g/mol. The molecule has 9 heteroatoms. The maximum absolute atomic E-state index is 12.4. The van der Waals surface area contributed by atoms with Gasteiger partial charge in [0.2, 0.25) is 0 Å². The van der Waals surface area contributed by atoms with Crippen LogP contribution in [0.1, 0.15) is 59.9 Å². The molecule has 1 aromatic rings. The van der Waals surface area contributed by atoms with Crippen LogP contribution in [0.25, 0.3) is 0 Å². The second-order valence-electron chi connectivity index (χ2n) is 8.17. The van der Waals surface area contributed by atoms with Crippen molar-refractivity contribution >= 4 is 23.9 Å². The van der Waals surface area contributed by atoms with E-state index in [1.165, 1.54) is 19.1 Å². The van der Waals surface area contributed by atoms with E-state index in [-0.39, 0.29) is 36.3 Å². The summed E-state index contributed by atoms with van der Waals surface area (Å²) >= 11 is 0. The molecule has 0 aliphatic carbocycles. The van der Waals surface area contributed by atoms with Crippen LogP contribution >= 0.6 is 0 Å². The summed E-state index contributed by atoms with van der Waals surface area (Å²) in [4.78, 5) is 47.4. The zero-order valence-electron chi connectivity index (χ0n) is 20.2. The number of carboxylic acids is 1. The number of carbonyl (C=O) groups excluding carboxylic acids is 3. The fraction of sp³-hybridized carbons (Fsp3) is 0.583. The fourth-order valence-corrected chi connectivity index (χ4v) is 2.71. The van der Waals surface area contributed by atoms with Gasteiger partial charge in [0.15, 0.2) is 11.5 Å². The molecular formula is C24H35NO8. The Balaban J connectivity index is 3.10. The Morgan fingerprint density at radius 3 is 1.97 bits per heavy atom. The van der Waals surface area contributed by atoms with Gasteiger partial charge < -0.3 is 24.6 Å². The van der Waals surface area contributed by atoms with Crippen molar-refractivity contribution in [2.24, 2.45) is 11.8 Å². The highest BCUT2D eigenvalue weighted by molar-refractivity contribution is 5.78. The standard InChI is InChI=1S/C24H35NO8/c1-7-14(3)23(29)32-20-10-9-18(12-21(20)33-24(30)15(4)8-2)11-19(22(27)28)25-13-16(5)31-17(6)26/h9-10,12,14-16,19,25H,7-8,11,13H2,1-6H3,(H,27,28)/t14?,15?,16?,19-/m0/s1. The number of benzene rings is 1. The van der Waals surface area contributed by atoms with E-state index in [4.69, 9.17) is 14.2 Å². The van der Waals surface area contributed by atoms with E-state index in [1.807, 2.05) is 13.8 Å². The molecule has 0 bridgehead atoms. The highest BCUT2D eigenvalue weighted by Crippen LogP contribution is 2.31. The minimum Gasteiger partial charge on any atom is -0.480 e. The van der Waals surface area contributed by atoms with E-state index >= 15 is 0 Å². The van der Waals surface area contributed by atoms with Crippen molar-refractivity contribution in [3.63, 3.8) is 0 Å². The van der Waals surface area contributed by atoms with Gasteiger partial charge in [-0.1, -0.05) is 33.8 Å². The SMILES string of the molecule is CCC(C)C(=O)Oc1ccc(C[C@H](NCC(C)OC(C)=O)C(=O)O)cc1OC(=O)C(C)CC. The lowest BCUT2D eigenvalue weighted by Crippen LogP contribution is -2.42. The van der Waals surface area contributed by atoms with E-state index < -0.39 is 36.0 Å². The number of esters is 3. The van der Waals surface area contributed by atoms with E-state index in [0.29, 0.717) is 18.4 Å². The predicted octanol–water partition coefficient (Wildman–Crippen LogP) is 3.13. The summed E-state index contributed by atoms with van der Waals surface area (Å²) in [6.45, 7) is 10.3. The molecule has 0 aromatic heterocycles. The first-order valence-electron chi connectivity index (χ1n) is 11.2. The summed E-state index contributed by atoms with van der Waals surface area (Å²) in [6, 6.07) is 3.64. The number of nitrogens with one attached hydrogen (secondary N) is 1. The number of carbonyl (C=O) groups is 4. The lowest BCUT2D eigenvalue weighted by Gasteiger charge is -2.19. The van der Waals surface area contributed by atoms with Crippen molar-refractivity contribution in [1.82, 2.24) is 5.32 Å². The molecule has 1 aromatic carbocycles. The van der Waals surface area contributed by atoms with Crippen LogP contribution in [-0.4, -0.2) is 47.7 Å². The number of aliphatic carboxylic acids is 1. The van der Waals surface area contributed by atoms with Crippen molar-refractivity contribution in [1.29, 1.82) is 0 Å². The molecule has 33 heavy (non-hydrogen) atoms. The van der Waals surface area contributed by atoms with Crippen LogP contribution in [0.2, 0.25) is 0 Å². The second-order valence-corrected chi connectivity index (χ2v) is 8.17. The third-order valence-electron chi connectivity index (χ3n) is 5.22. The number of carboxylic acid groups (broad SMARTS) is 1. The Morgan fingerprint density at radius 2 is 1.48 bits per heavy atom. The summed E-state index contributed by atoms with van der Waals surface area (Å²) in [7, 11) is 0. The van der Waals surface area contributed by atoms with Crippen molar-refractivity contribution in [3.8, 4) is 11.5 Å². The van der Waals surface area contributed by atoms with E-state index in [2.05, 4.69) is 5.32 Å². The number of hydrogen-bond donors (Lipinski definition) is 2. The highest BCUT2D eigenvalue weighted by atomic mass is 16.6. The first kappa shape index (κ1) is 28.1. The lowest BCUT2D eigenvalue weighted by molar-refractivity contribution is -0.145. The molecule has 184 valence electrons. The molecule has 9 nitrogen and oxygen atoms in total. The molecule has 0 amide bonds. The second kappa shape index (κ2) is 13.6. The zero-order valence-corrected chi connectivity index (χ0v) is 20.2. The highest BCUT2D eigenvalue weighted by Gasteiger charge is 2.23. The van der Waals surface area contributed by atoms with Crippen LogP contribution in [0.4, 0.5) is 0 Å². The summed E-state index contributed by atoms with van der Waals surface area (Å²) in [5.41, 5.74) is 0.560. The van der Waals surface area contributed by atoms with Crippen LogP contribution < -0.4 is 14.8 Å². The fourth-order valence-electron chi connectivity index (χ4n) is 2.71. The molecule has 0 fully saturated rings. The van der Waals surface area contributed by atoms with Crippen molar-refractivity contribution in [2.45, 2.75) is 73.0 Å². The van der Waals surface area contributed by atoms with Crippen molar-refractivity contribution in [2.75, 3.05) is 6.54 Å². The Morgan fingerprint density at radius 1 is 0.939 bits per heavy atom. The van der Waals surface area contributed by atoms with Gasteiger partial charge in [-0.2, -0.15) is 0 Å². The quantitative estimate of drug-likeness (QED) is 0.333. The minimum atomic E-state index is -1.09. The number of hydrogen-bond acceptors (Lipinski definition) is 8. The molecule has 0 saturated carbocycles. The van der Waals surface area contributed by atoms with Crippen LogP contribution in [0.15, 0.2) is 18.2 Å². The third kappa shape index (κ3) is 9.61. The molecule has 1 rings (SSSR count). The first-order chi connectivity index (χ1) is 15.5. The molecule has 0 heterocycles. The predicted molar refractivity (Wildman–Crippen MR) is 121 cm³/mol. The van der Waals surface area contributed by atoms with Gasteiger partial charge in [0, 0.05) is 13.5 Å². The van der Waals surface area contributed by atoms with E-state index in [0.717, 1.165) is 0 Å². The Bertz CT molecular complexity index is 838. The van der Waals surface area contributed by atoms with Gasteiger partial charge in [0.05, 0.1) is 11.8 Å². The van der Waals surface area contributed by atoms with E-state index in [1.54, 1.807) is 26.8 Å². The van der Waals surface area contributed by atoms with Crippen molar-refractivity contribution < 1.29 is 38.5 Å². The lowest BCUT2D eigenvalue weighted by atomic mass is 10.0. The largest absolute Gasteiger partial charge is 0.480 e.